The number of carbonyl (C=O) groups is 2. The van der Waals surface area contributed by atoms with Crippen LogP contribution >= 0.6 is 68.0 Å². The highest BCUT2D eigenvalue weighted by Crippen LogP contribution is 2.57. The maximum atomic E-state index is 14.6. The zero-order valence-electron chi connectivity index (χ0n) is 57.0. The predicted molar refractivity (Wildman–Crippen MR) is 416 cm³/mol. The quantitative estimate of drug-likeness (QED) is 0.0253. The van der Waals surface area contributed by atoms with E-state index in [1.807, 2.05) is 100.0 Å². The molecule has 0 N–H and O–H groups in total. The molecule has 0 amide bonds. The highest BCUT2D eigenvalue weighted by atomic mass is 32.1. The van der Waals surface area contributed by atoms with Crippen molar-refractivity contribution in [2.24, 2.45) is 23.7 Å². The van der Waals surface area contributed by atoms with Gasteiger partial charge >= 0.3 is 0 Å². The molecule has 0 spiro atoms. The van der Waals surface area contributed by atoms with Crippen LogP contribution in [0.25, 0.3) is 83.9 Å². The van der Waals surface area contributed by atoms with Crippen molar-refractivity contribution in [2.75, 3.05) is 0 Å². The first kappa shape index (κ1) is 70.0. The fourth-order valence-corrected chi connectivity index (χ4v) is 22.0. The Morgan fingerprint density at radius 2 is 0.802 bits per heavy atom. The second kappa shape index (κ2) is 32.4. The summed E-state index contributed by atoms with van der Waals surface area (Å²) in [4.78, 5) is 41.2. The molecule has 0 bridgehead atoms. The van der Waals surface area contributed by atoms with E-state index >= 15 is 0 Å². The summed E-state index contributed by atoms with van der Waals surface area (Å²) in [5.41, 5.74) is 9.46. The molecule has 0 fully saturated rings. The number of terminal acetylenes is 1. The van der Waals surface area contributed by atoms with Gasteiger partial charge in [0.25, 0.3) is 0 Å². The summed E-state index contributed by atoms with van der Waals surface area (Å²) in [6, 6.07) is 40.7. The molecule has 5 nitrogen and oxygen atoms in total. The number of thiophene rings is 6. The van der Waals surface area contributed by atoms with E-state index in [2.05, 4.69) is 128 Å². The third kappa shape index (κ3) is 14.6. The maximum absolute atomic E-state index is 14.6. The van der Waals surface area contributed by atoms with E-state index in [9.17, 15) is 25.4 Å². The van der Waals surface area contributed by atoms with Crippen LogP contribution in [0.2, 0.25) is 0 Å². The Labute approximate surface area is 594 Å². The fraction of sp³-hybridized carbons (Fsp3) is 0.376. The molecule has 0 saturated heterocycles. The minimum Gasteiger partial charge on any atom is -0.289 e. The smallest absolute Gasteiger partial charge is 0.194 e. The SMILES string of the molecule is C#C/C(C#N)=C1/C(=C/c2cc(CC(CC)CCCC)c(-c3cc4c(-c5ccc(CC(CC)CCCC)s5)c5sc(-c6sc(/C=C7\C(=O)c8ccccc8C7=C(C#N)C#N)cc6CC(CC)CCCC)cc5c(-c5ccc(CC(CC)CCCC)s5)c4s3)s2)C(=O)c2ccccc21. The largest absolute Gasteiger partial charge is 0.289 e. The van der Waals surface area contributed by atoms with Gasteiger partial charge in [-0.25, -0.2) is 0 Å². The Balaban J connectivity index is 1.18. The molecule has 96 heavy (non-hydrogen) atoms. The Bertz CT molecular complexity index is 4290. The molecule has 0 saturated carbocycles. The maximum Gasteiger partial charge on any atom is 0.194 e. The van der Waals surface area contributed by atoms with Crippen molar-refractivity contribution < 1.29 is 9.59 Å². The van der Waals surface area contributed by atoms with Crippen LogP contribution in [0.5, 0.6) is 0 Å². The van der Waals surface area contributed by atoms with Gasteiger partial charge in [0.05, 0.1) is 0 Å². The third-order valence-electron chi connectivity index (χ3n) is 20.0. The Hall–Kier alpha value is -7.29. The van der Waals surface area contributed by atoms with E-state index in [0.717, 1.165) is 99.6 Å². The lowest BCUT2D eigenvalue weighted by atomic mass is 9.91. The molecule has 4 unspecified atom stereocenters. The summed E-state index contributed by atoms with van der Waals surface area (Å²) in [5.74, 6) is 4.52. The number of rotatable bonds is 30. The van der Waals surface area contributed by atoms with Crippen molar-refractivity contribution in [3.8, 4) is 70.9 Å². The van der Waals surface area contributed by atoms with Crippen molar-refractivity contribution in [3.63, 3.8) is 0 Å². The zero-order chi connectivity index (χ0) is 67.6. The van der Waals surface area contributed by atoms with Crippen molar-refractivity contribution in [1.29, 1.82) is 15.8 Å². The van der Waals surface area contributed by atoms with Gasteiger partial charge in [0.2, 0.25) is 0 Å². The number of allylic oxidation sites excluding steroid dienone is 6. The van der Waals surface area contributed by atoms with E-state index in [4.69, 9.17) is 6.42 Å². The van der Waals surface area contributed by atoms with Crippen LogP contribution in [-0.4, -0.2) is 11.6 Å². The molecule has 6 heterocycles. The number of nitrogens with zero attached hydrogens (tertiary/aromatic N) is 3. The molecule has 0 radical (unpaired) electrons. The first-order chi connectivity index (χ1) is 46.9. The van der Waals surface area contributed by atoms with Crippen LogP contribution < -0.4 is 0 Å². The zero-order valence-corrected chi connectivity index (χ0v) is 61.9. The molecule has 4 atom stereocenters. The minimum absolute atomic E-state index is 0.0556. The van der Waals surface area contributed by atoms with Crippen LogP contribution in [0.4, 0.5) is 0 Å². The topological polar surface area (TPSA) is 106 Å². The van der Waals surface area contributed by atoms with Crippen LogP contribution in [0.3, 0.4) is 0 Å². The molecule has 2 aliphatic carbocycles. The molecule has 2 aliphatic rings. The van der Waals surface area contributed by atoms with Gasteiger partial charge in [-0.2, -0.15) is 15.8 Å². The van der Waals surface area contributed by atoms with E-state index in [-0.39, 0.29) is 22.7 Å². The van der Waals surface area contributed by atoms with Gasteiger partial charge in [-0.05, 0) is 132 Å². The number of unbranched alkanes of at least 4 members (excludes halogenated alkanes) is 4. The lowest BCUT2D eigenvalue weighted by molar-refractivity contribution is 0.103. The van der Waals surface area contributed by atoms with Crippen LogP contribution in [0.15, 0.2) is 119 Å². The molecule has 11 heteroatoms. The number of fused-ring (bicyclic) bond motifs is 4. The number of hydrogen-bond acceptors (Lipinski definition) is 11. The average molecular weight is 1380 g/mol. The standard InChI is InChI=1S/C85H87N3O2S6/c1-10-19-27-52(14-5)39-57-43-62(45-68-76(56(18-9)49-86)64-31-23-25-33-66(64)80(68)89)93-82(57)74-47-70-78(72-37-35-60(91-72)41-54(16-7)29-21-12-3)85-71(79(84(70)95-74)73-38-36-61(92-73)42-55(17-8)30-22-13-4)48-75(96-85)83-58(40-53(15-6)28-20-11-2)44-63(94-83)46-69-77(59(50-87)51-88)65-32-24-26-34-67(65)81(69)90/h9,23-26,31-38,43-48,52-55H,10-17,19-22,27-30,39-42H2,1-8H3/b68-45-,69-46-,76-56-. The van der Waals surface area contributed by atoms with Gasteiger partial charge in [-0.1, -0.05) is 213 Å². The summed E-state index contributed by atoms with van der Waals surface area (Å²) < 4.78 is 2.54. The summed E-state index contributed by atoms with van der Waals surface area (Å²) in [5, 5.41) is 33.7. The number of nitriles is 3. The molecule has 3 aromatic carbocycles. The van der Waals surface area contributed by atoms with Crippen LogP contribution in [0, 0.1) is 70.0 Å². The first-order valence-corrected chi connectivity index (χ1v) is 40.1. The third-order valence-corrected chi connectivity index (χ3v) is 27.2. The highest BCUT2D eigenvalue weighted by Gasteiger charge is 2.35. The van der Waals surface area contributed by atoms with E-state index in [1.54, 1.807) is 28.7 Å². The molecule has 6 aromatic heterocycles. The Kier molecular flexibility index (Phi) is 23.6. The second-order valence-corrected chi connectivity index (χ2v) is 32.9. The van der Waals surface area contributed by atoms with Crippen LogP contribution in [0.1, 0.15) is 221 Å². The highest BCUT2D eigenvalue weighted by molar-refractivity contribution is 7.29. The monoisotopic (exact) mass is 1370 g/mol. The number of ketones is 2. The summed E-state index contributed by atoms with van der Waals surface area (Å²) in [7, 11) is 0. The average Bonchev–Trinajstić information content (AvgIpc) is 1.52. The Morgan fingerprint density at radius 3 is 1.16 bits per heavy atom. The van der Waals surface area contributed by atoms with E-state index in [0.29, 0.717) is 68.2 Å². The minimum atomic E-state index is -0.165. The summed E-state index contributed by atoms with van der Waals surface area (Å²) >= 11 is 11.2. The number of benzene rings is 3. The molecular weight excluding hydrogens is 1290 g/mol. The van der Waals surface area contributed by atoms with Gasteiger partial charge in [-0.3, -0.25) is 9.59 Å². The van der Waals surface area contributed by atoms with Gasteiger partial charge in [0, 0.05) is 113 Å². The lowest BCUT2D eigenvalue weighted by Gasteiger charge is -2.14. The lowest BCUT2D eigenvalue weighted by Crippen LogP contribution is -2.03. The molecular formula is C85H87N3O2S6. The molecule has 0 aliphatic heterocycles. The molecule has 9 aromatic rings. The first-order valence-electron chi connectivity index (χ1n) is 35.2. The van der Waals surface area contributed by atoms with Crippen molar-refractivity contribution in [1.82, 2.24) is 0 Å². The molecule has 490 valence electrons. The number of carbonyl (C=O) groups excluding carboxylic acids is 2. The number of hydrogen-bond donors (Lipinski definition) is 0. The van der Waals surface area contributed by atoms with E-state index in [1.165, 1.54) is 120 Å². The van der Waals surface area contributed by atoms with Crippen molar-refractivity contribution in [2.45, 2.75) is 184 Å². The van der Waals surface area contributed by atoms with Crippen LogP contribution in [-0.2, 0) is 25.7 Å². The van der Waals surface area contributed by atoms with Gasteiger partial charge in [0.1, 0.15) is 29.4 Å². The van der Waals surface area contributed by atoms with Crippen molar-refractivity contribution in [3.05, 3.63) is 172 Å². The van der Waals surface area contributed by atoms with E-state index < -0.39 is 0 Å². The predicted octanol–water partition coefficient (Wildman–Crippen LogP) is 26.3. The normalized spacial score (nSPS) is 15.5. The number of Topliss-reactive ketones (excluding diaryl/α,β-unsaturated/α-hetero) is 2. The Morgan fingerprint density at radius 1 is 0.438 bits per heavy atom. The molecule has 11 rings (SSSR count). The van der Waals surface area contributed by atoms with Gasteiger partial charge in [0.15, 0.2) is 11.6 Å². The summed E-state index contributed by atoms with van der Waals surface area (Å²) in [6.07, 6.45) is 32.5. The second-order valence-electron chi connectivity index (χ2n) is 26.3. The summed E-state index contributed by atoms with van der Waals surface area (Å²) in [6.45, 7) is 18.5. The van der Waals surface area contributed by atoms with Gasteiger partial charge in [-0.15, -0.1) is 74.4 Å². The van der Waals surface area contributed by atoms with Gasteiger partial charge < -0.3 is 0 Å². The fourth-order valence-electron chi connectivity index (χ4n) is 14.5. The van der Waals surface area contributed by atoms with Crippen molar-refractivity contribution >= 4 is 123 Å².